The van der Waals surface area contributed by atoms with Gasteiger partial charge in [-0.2, -0.15) is 5.10 Å². The van der Waals surface area contributed by atoms with E-state index in [9.17, 15) is 9.18 Å². The van der Waals surface area contributed by atoms with E-state index in [0.29, 0.717) is 17.0 Å². The average Bonchev–Trinajstić information content (AvgIpc) is 3.22. The number of fused-ring (bicyclic) bond motifs is 1. The van der Waals surface area contributed by atoms with Gasteiger partial charge >= 0.3 is 0 Å². The fraction of sp³-hybridized carbons (Fsp3) is 0.118. The summed E-state index contributed by atoms with van der Waals surface area (Å²) in [5, 5.41) is 7.28. The predicted molar refractivity (Wildman–Crippen MR) is 88.1 cm³/mol. The van der Waals surface area contributed by atoms with E-state index in [4.69, 9.17) is 0 Å². The molecule has 4 aromatic rings. The third-order valence-corrected chi connectivity index (χ3v) is 3.88. The Hall–Kier alpha value is -3.22. The van der Waals surface area contributed by atoms with Crippen molar-refractivity contribution in [2.24, 2.45) is 0 Å². The van der Waals surface area contributed by atoms with E-state index in [0.717, 1.165) is 17.7 Å². The molecule has 120 valence electrons. The van der Waals surface area contributed by atoms with Crippen LogP contribution in [0.2, 0.25) is 0 Å². The summed E-state index contributed by atoms with van der Waals surface area (Å²) in [6.45, 7) is 2.73. The SMILES string of the molecule is CCn1ccc(-c2cc(=O)n3[nH]cc(-c4ccc(F)cc4)c3n2)n1. The van der Waals surface area contributed by atoms with Gasteiger partial charge in [-0.05, 0) is 30.7 Å². The summed E-state index contributed by atoms with van der Waals surface area (Å²) in [5.41, 5.74) is 2.91. The molecule has 0 bridgehead atoms. The molecule has 0 fully saturated rings. The van der Waals surface area contributed by atoms with Crippen LogP contribution in [-0.2, 0) is 6.54 Å². The Morgan fingerprint density at radius 1 is 1.17 bits per heavy atom. The van der Waals surface area contributed by atoms with Gasteiger partial charge in [0.05, 0.1) is 5.69 Å². The maximum Gasteiger partial charge on any atom is 0.273 e. The van der Waals surface area contributed by atoms with Crippen LogP contribution in [0.15, 0.2) is 53.6 Å². The highest BCUT2D eigenvalue weighted by atomic mass is 19.1. The molecule has 24 heavy (non-hydrogen) atoms. The van der Waals surface area contributed by atoms with Crippen LogP contribution in [-0.4, -0.2) is 24.4 Å². The van der Waals surface area contributed by atoms with Crippen molar-refractivity contribution in [2.75, 3.05) is 0 Å². The van der Waals surface area contributed by atoms with Crippen molar-refractivity contribution in [1.29, 1.82) is 0 Å². The number of nitrogens with zero attached hydrogens (tertiary/aromatic N) is 4. The summed E-state index contributed by atoms with van der Waals surface area (Å²) in [4.78, 5) is 16.9. The number of aromatic amines is 1. The first-order chi connectivity index (χ1) is 11.7. The number of rotatable bonds is 3. The van der Waals surface area contributed by atoms with Gasteiger partial charge in [-0.25, -0.2) is 13.9 Å². The molecular weight excluding hydrogens is 309 g/mol. The molecule has 1 aromatic carbocycles. The van der Waals surface area contributed by atoms with Crippen molar-refractivity contribution < 1.29 is 4.39 Å². The average molecular weight is 323 g/mol. The van der Waals surface area contributed by atoms with Gasteiger partial charge in [0, 0.05) is 30.6 Å². The highest BCUT2D eigenvalue weighted by Crippen LogP contribution is 2.24. The highest BCUT2D eigenvalue weighted by molar-refractivity contribution is 5.78. The quantitative estimate of drug-likeness (QED) is 0.630. The van der Waals surface area contributed by atoms with E-state index >= 15 is 0 Å². The molecule has 0 radical (unpaired) electrons. The van der Waals surface area contributed by atoms with Gasteiger partial charge in [0.25, 0.3) is 5.56 Å². The van der Waals surface area contributed by atoms with Crippen LogP contribution in [0.5, 0.6) is 0 Å². The second-order valence-corrected chi connectivity index (χ2v) is 5.39. The second-order valence-electron chi connectivity index (χ2n) is 5.39. The van der Waals surface area contributed by atoms with E-state index in [1.807, 2.05) is 19.2 Å². The zero-order valence-electron chi connectivity index (χ0n) is 12.9. The number of hydrogen-bond donors (Lipinski definition) is 1. The lowest BCUT2D eigenvalue weighted by Gasteiger charge is -2.01. The number of nitrogens with one attached hydrogen (secondary N) is 1. The Labute approximate surface area is 136 Å². The summed E-state index contributed by atoms with van der Waals surface area (Å²) in [6.07, 6.45) is 3.53. The topological polar surface area (TPSA) is 68.0 Å². The zero-order chi connectivity index (χ0) is 16.7. The normalized spacial score (nSPS) is 11.2. The second kappa shape index (κ2) is 5.45. The minimum absolute atomic E-state index is 0.227. The maximum atomic E-state index is 13.1. The Bertz CT molecular complexity index is 1070. The molecule has 0 saturated heterocycles. The summed E-state index contributed by atoms with van der Waals surface area (Å²) >= 11 is 0. The van der Waals surface area contributed by atoms with Crippen molar-refractivity contribution in [1.82, 2.24) is 24.4 Å². The van der Waals surface area contributed by atoms with Crippen LogP contribution in [0.25, 0.3) is 28.2 Å². The smallest absolute Gasteiger partial charge is 0.273 e. The molecule has 1 N–H and O–H groups in total. The predicted octanol–water partition coefficient (Wildman–Crippen LogP) is 2.71. The van der Waals surface area contributed by atoms with E-state index < -0.39 is 0 Å². The van der Waals surface area contributed by atoms with Crippen LogP contribution in [0.4, 0.5) is 4.39 Å². The van der Waals surface area contributed by atoms with E-state index in [-0.39, 0.29) is 11.4 Å². The molecule has 3 heterocycles. The molecular formula is C17H14FN5O. The zero-order valence-corrected chi connectivity index (χ0v) is 12.9. The van der Waals surface area contributed by atoms with Crippen molar-refractivity contribution in [3.8, 4) is 22.5 Å². The number of hydrogen-bond acceptors (Lipinski definition) is 3. The lowest BCUT2D eigenvalue weighted by molar-refractivity contribution is 0.628. The van der Waals surface area contributed by atoms with Crippen LogP contribution in [0.3, 0.4) is 0 Å². The summed E-state index contributed by atoms with van der Waals surface area (Å²) in [6, 6.07) is 9.34. The third-order valence-electron chi connectivity index (χ3n) is 3.88. The highest BCUT2D eigenvalue weighted by Gasteiger charge is 2.13. The van der Waals surface area contributed by atoms with E-state index in [1.165, 1.54) is 22.7 Å². The minimum Gasteiger partial charge on any atom is -0.296 e. The summed E-state index contributed by atoms with van der Waals surface area (Å²) in [7, 11) is 0. The van der Waals surface area contributed by atoms with Crippen LogP contribution >= 0.6 is 0 Å². The standard InChI is InChI=1S/C17H14FN5O/c1-2-22-8-7-14(21-22)15-9-16(24)23-17(20-15)13(10-19-23)11-3-5-12(18)6-4-11/h3-10,19H,2H2,1H3. The largest absolute Gasteiger partial charge is 0.296 e. The number of benzene rings is 1. The number of aryl methyl sites for hydroxylation is 1. The fourth-order valence-electron chi connectivity index (χ4n) is 2.63. The molecule has 0 atom stereocenters. The molecule has 0 amide bonds. The first-order valence-corrected chi connectivity index (χ1v) is 7.56. The monoisotopic (exact) mass is 323 g/mol. The Balaban J connectivity index is 1.91. The van der Waals surface area contributed by atoms with Crippen LogP contribution in [0, 0.1) is 5.82 Å². The number of aromatic nitrogens is 5. The molecule has 4 rings (SSSR count). The summed E-state index contributed by atoms with van der Waals surface area (Å²) < 4.78 is 16.3. The van der Waals surface area contributed by atoms with Gasteiger partial charge in [-0.1, -0.05) is 12.1 Å². The molecule has 0 aliphatic rings. The first kappa shape index (κ1) is 14.4. The maximum absolute atomic E-state index is 13.1. The molecule has 0 aliphatic carbocycles. The minimum atomic E-state index is -0.311. The van der Waals surface area contributed by atoms with E-state index in [1.54, 1.807) is 23.0 Å². The van der Waals surface area contributed by atoms with Crippen molar-refractivity contribution >= 4 is 5.65 Å². The van der Waals surface area contributed by atoms with Crippen LogP contribution in [0.1, 0.15) is 6.92 Å². The molecule has 7 heteroatoms. The van der Waals surface area contributed by atoms with Gasteiger partial charge in [0.15, 0.2) is 5.65 Å². The lowest BCUT2D eigenvalue weighted by atomic mass is 10.1. The Kier molecular flexibility index (Phi) is 3.26. The Morgan fingerprint density at radius 3 is 2.67 bits per heavy atom. The van der Waals surface area contributed by atoms with Crippen molar-refractivity contribution in [3.05, 3.63) is 65.0 Å². The first-order valence-electron chi connectivity index (χ1n) is 7.56. The number of H-pyrrole nitrogens is 1. The van der Waals surface area contributed by atoms with Crippen molar-refractivity contribution in [2.45, 2.75) is 13.5 Å². The molecule has 6 nitrogen and oxygen atoms in total. The molecule has 0 spiro atoms. The van der Waals surface area contributed by atoms with Gasteiger partial charge in [0.1, 0.15) is 11.5 Å². The van der Waals surface area contributed by atoms with Crippen LogP contribution < -0.4 is 5.56 Å². The van der Waals surface area contributed by atoms with Gasteiger partial charge in [0.2, 0.25) is 0 Å². The fourth-order valence-corrected chi connectivity index (χ4v) is 2.63. The van der Waals surface area contributed by atoms with Gasteiger partial charge in [-0.3, -0.25) is 14.6 Å². The lowest BCUT2D eigenvalue weighted by Crippen LogP contribution is -2.14. The molecule has 0 aliphatic heterocycles. The molecule has 3 aromatic heterocycles. The van der Waals surface area contributed by atoms with Gasteiger partial charge < -0.3 is 0 Å². The molecule has 0 unspecified atom stereocenters. The van der Waals surface area contributed by atoms with Crippen molar-refractivity contribution in [3.63, 3.8) is 0 Å². The molecule has 0 saturated carbocycles. The summed E-state index contributed by atoms with van der Waals surface area (Å²) in [5.74, 6) is -0.311. The van der Waals surface area contributed by atoms with E-state index in [2.05, 4.69) is 15.2 Å². The Morgan fingerprint density at radius 2 is 1.96 bits per heavy atom. The van der Waals surface area contributed by atoms with Gasteiger partial charge in [-0.15, -0.1) is 0 Å². The third kappa shape index (κ3) is 2.30. The number of halogens is 1.